The maximum Gasteiger partial charge on any atom is 0.407 e. The first-order valence-corrected chi connectivity index (χ1v) is 17.1. The summed E-state index contributed by atoms with van der Waals surface area (Å²) < 4.78 is 0.660. The Labute approximate surface area is 299 Å². The molecule has 0 radical (unpaired) electrons. The number of nitrogens with zero attached hydrogens (tertiary/aromatic N) is 5. The summed E-state index contributed by atoms with van der Waals surface area (Å²) in [5, 5.41) is 22.6. The van der Waals surface area contributed by atoms with E-state index in [9.17, 15) is 43.9 Å². The Morgan fingerprint density at radius 1 is 1.02 bits per heavy atom. The highest BCUT2D eigenvalue weighted by Crippen LogP contribution is 2.39. The summed E-state index contributed by atoms with van der Waals surface area (Å²) in [4.78, 5) is 96.5. The van der Waals surface area contributed by atoms with Gasteiger partial charge in [0.1, 0.15) is 6.07 Å². The molecule has 1 aliphatic heterocycles. The monoisotopic (exact) mass is 716 g/mol. The molecule has 2 aliphatic rings. The van der Waals surface area contributed by atoms with Crippen molar-refractivity contribution in [3.05, 3.63) is 63.2 Å². The van der Waals surface area contributed by atoms with Gasteiger partial charge in [-0.15, -0.1) is 11.3 Å². The lowest BCUT2D eigenvalue weighted by Gasteiger charge is -2.34. The zero-order chi connectivity index (χ0) is 37.8. The number of amides is 5. The molecule has 1 aliphatic carbocycles. The topological polar surface area (TPSA) is 198 Å². The van der Waals surface area contributed by atoms with Gasteiger partial charge in [0.05, 0.1) is 16.3 Å². The fraction of sp³-hybridized carbons (Fsp3) is 0.417. The molecule has 1 aromatic heterocycles. The number of Topliss-reactive ketones (excluding diaryl/α,β-unsaturated/α-hetero) is 2. The summed E-state index contributed by atoms with van der Waals surface area (Å²) in [6.07, 6.45) is 0.864. The Hall–Kier alpha value is -5.49. The van der Waals surface area contributed by atoms with Gasteiger partial charge in [-0.05, 0) is 44.9 Å². The summed E-state index contributed by atoms with van der Waals surface area (Å²) in [5.41, 5.74) is 1.47. The van der Waals surface area contributed by atoms with Crippen LogP contribution in [0.2, 0.25) is 0 Å². The van der Waals surface area contributed by atoms with E-state index in [1.54, 1.807) is 52.8 Å². The number of nitriles is 1. The minimum atomic E-state index is -1.29. The minimum absolute atomic E-state index is 0.0137. The van der Waals surface area contributed by atoms with Gasteiger partial charge in [0.15, 0.2) is 16.6 Å². The van der Waals surface area contributed by atoms with Gasteiger partial charge >= 0.3 is 6.09 Å². The molecule has 2 aromatic rings. The van der Waals surface area contributed by atoms with Crippen LogP contribution in [0, 0.1) is 16.7 Å². The molecule has 14 nitrogen and oxygen atoms in total. The third kappa shape index (κ3) is 8.46. The number of rotatable bonds is 14. The number of nitrogens with one attached hydrogen (secondary N) is 1. The molecule has 1 unspecified atom stereocenters. The van der Waals surface area contributed by atoms with E-state index in [1.807, 2.05) is 6.07 Å². The molecular weight excluding hydrogens is 676 g/mol. The van der Waals surface area contributed by atoms with E-state index in [4.69, 9.17) is 0 Å². The first-order valence-electron chi connectivity index (χ1n) is 16.3. The van der Waals surface area contributed by atoms with Gasteiger partial charge in [-0.2, -0.15) is 5.26 Å². The third-order valence-electron chi connectivity index (χ3n) is 9.28. The highest BCUT2D eigenvalue weighted by Gasteiger charge is 2.39. The maximum atomic E-state index is 13.5. The van der Waals surface area contributed by atoms with Crippen LogP contribution in [0.4, 0.5) is 4.79 Å². The Kier molecular flexibility index (Phi) is 11.7. The molecule has 0 bridgehead atoms. The molecule has 1 aromatic carbocycles. The van der Waals surface area contributed by atoms with Crippen LogP contribution in [-0.2, 0) is 28.8 Å². The Bertz CT molecular complexity index is 1950. The number of likely N-dealkylation sites (N-methyl/N-ethyl adjacent to an activating group) is 1. The summed E-state index contributed by atoms with van der Waals surface area (Å²) in [7, 11) is 1.53. The predicted molar refractivity (Wildman–Crippen MR) is 187 cm³/mol. The molecule has 51 heavy (non-hydrogen) atoms. The number of imide groups is 1. The fourth-order valence-electron chi connectivity index (χ4n) is 6.29. The Morgan fingerprint density at radius 3 is 2.29 bits per heavy atom. The molecule has 4 rings (SSSR count). The van der Waals surface area contributed by atoms with Crippen molar-refractivity contribution in [3.63, 3.8) is 0 Å². The highest BCUT2D eigenvalue weighted by atomic mass is 32.1. The number of aromatic nitrogens is 1. The molecule has 2 heterocycles. The standard InChI is InChI=1S/C36H40N6O8S/c1-20-21(2)34(48)32(22(3)33(20)47)36(4,5)18-31(46)40(6)15-16-41(35(49)50)25(23-7-8-24-26(17-23)51-28(19-37)39-24)9-10-27(43)38-13-14-42-29(44)11-12-30(42)45/h7-8,11-12,17,25H,9-10,13-16,18H2,1-6H3,(H,38,43)(H,49,50). The van der Waals surface area contributed by atoms with Crippen LogP contribution in [0.1, 0.15) is 70.5 Å². The van der Waals surface area contributed by atoms with Crippen molar-refractivity contribution in [1.29, 1.82) is 5.26 Å². The van der Waals surface area contributed by atoms with Gasteiger partial charge < -0.3 is 15.3 Å². The summed E-state index contributed by atoms with van der Waals surface area (Å²) >= 11 is 1.15. The quantitative estimate of drug-likeness (QED) is 0.215. The number of hydrogen-bond acceptors (Lipinski definition) is 10. The number of allylic oxidation sites excluding steroid dienone is 4. The number of carboxylic acid groups (broad SMARTS) is 1. The number of benzene rings is 1. The fourth-order valence-corrected chi connectivity index (χ4v) is 7.10. The van der Waals surface area contributed by atoms with Gasteiger partial charge in [-0.25, -0.2) is 9.78 Å². The van der Waals surface area contributed by atoms with E-state index in [0.717, 1.165) is 33.3 Å². The van der Waals surface area contributed by atoms with Gasteiger partial charge in [-0.1, -0.05) is 19.9 Å². The van der Waals surface area contributed by atoms with E-state index < -0.39 is 35.3 Å². The molecular formula is C36H40N6O8S. The van der Waals surface area contributed by atoms with E-state index >= 15 is 0 Å². The molecule has 268 valence electrons. The van der Waals surface area contributed by atoms with Crippen LogP contribution in [0.5, 0.6) is 0 Å². The molecule has 2 N–H and O–H groups in total. The average molecular weight is 717 g/mol. The van der Waals surface area contributed by atoms with E-state index in [2.05, 4.69) is 10.3 Å². The lowest BCUT2D eigenvalue weighted by atomic mass is 9.71. The SMILES string of the molecule is CC1=C(C)C(=O)C(C(C)(C)CC(=O)N(C)CCN(C(=O)O)C(CCC(=O)NCCN2C(=O)C=CC2=O)c2ccc3nc(C#N)sc3c2)=C(C)C1=O. The summed E-state index contributed by atoms with van der Waals surface area (Å²) in [5.74, 6) is -2.22. The predicted octanol–water partition coefficient (Wildman–Crippen LogP) is 3.69. The van der Waals surface area contributed by atoms with E-state index in [1.165, 1.54) is 11.9 Å². The number of ketones is 2. The number of carbonyl (C=O) groups excluding carboxylic acids is 6. The molecule has 0 saturated heterocycles. The number of fused-ring (bicyclic) bond motifs is 1. The van der Waals surface area contributed by atoms with Crippen LogP contribution in [0.25, 0.3) is 10.2 Å². The van der Waals surface area contributed by atoms with Crippen molar-refractivity contribution in [2.75, 3.05) is 33.2 Å². The zero-order valence-electron chi connectivity index (χ0n) is 29.4. The first-order chi connectivity index (χ1) is 24.0. The molecule has 0 fully saturated rings. The van der Waals surface area contributed by atoms with Gasteiger partial charge in [0.25, 0.3) is 11.8 Å². The highest BCUT2D eigenvalue weighted by molar-refractivity contribution is 7.19. The minimum Gasteiger partial charge on any atom is -0.465 e. The normalized spacial score (nSPS) is 15.5. The Morgan fingerprint density at radius 2 is 1.67 bits per heavy atom. The van der Waals surface area contributed by atoms with E-state index in [0.29, 0.717) is 32.5 Å². The van der Waals surface area contributed by atoms with Crippen LogP contribution in [-0.4, -0.2) is 99.3 Å². The van der Waals surface area contributed by atoms with Crippen molar-refractivity contribution in [2.45, 2.75) is 59.9 Å². The third-order valence-corrected chi connectivity index (χ3v) is 10.2. The smallest absolute Gasteiger partial charge is 0.407 e. The van der Waals surface area contributed by atoms with Gasteiger partial charge in [0, 0.05) is 85.9 Å². The lowest BCUT2D eigenvalue weighted by Crippen LogP contribution is -2.42. The van der Waals surface area contributed by atoms with Crippen molar-refractivity contribution < 1.29 is 38.7 Å². The second kappa shape index (κ2) is 15.6. The molecule has 15 heteroatoms. The van der Waals surface area contributed by atoms with Crippen molar-refractivity contribution in [3.8, 4) is 6.07 Å². The zero-order valence-corrected chi connectivity index (χ0v) is 30.2. The van der Waals surface area contributed by atoms with Gasteiger partial charge in [0.2, 0.25) is 11.8 Å². The van der Waals surface area contributed by atoms with E-state index in [-0.39, 0.29) is 73.5 Å². The van der Waals surface area contributed by atoms with Crippen molar-refractivity contribution in [1.82, 2.24) is 25.0 Å². The largest absolute Gasteiger partial charge is 0.465 e. The maximum absolute atomic E-state index is 13.5. The van der Waals surface area contributed by atoms with Gasteiger partial charge in [-0.3, -0.25) is 38.6 Å². The number of hydrogen-bond donors (Lipinski definition) is 2. The molecule has 1 atom stereocenters. The van der Waals surface area contributed by atoms with Crippen LogP contribution < -0.4 is 5.32 Å². The van der Waals surface area contributed by atoms with Crippen LogP contribution in [0.15, 0.2) is 52.6 Å². The van der Waals surface area contributed by atoms with Crippen LogP contribution in [0.3, 0.4) is 0 Å². The second-order valence-corrected chi connectivity index (χ2v) is 14.2. The number of carbonyl (C=O) groups is 7. The summed E-state index contributed by atoms with van der Waals surface area (Å²) in [6, 6.07) is 6.27. The number of thiazole rings is 1. The van der Waals surface area contributed by atoms with Crippen molar-refractivity contribution >= 4 is 62.8 Å². The lowest BCUT2D eigenvalue weighted by molar-refractivity contribution is -0.137. The summed E-state index contributed by atoms with van der Waals surface area (Å²) in [6.45, 7) is 8.11. The first kappa shape index (κ1) is 38.3. The van der Waals surface area contributed by atoms with Crippen molar-refractivity contribution in [2.24, 2.45) is 5.41 Å². The molecule has 5 amide bonds. The molecule has 0 saturated carbocycles. The van der Waals surface area contributed by atoms with Crippen LogP contribution >= 0.6 is 11.3 Å². The Balaban J connectivity index is 1.49. The molecule has 0 spiro atoms. The average Bonchev–Trinajstić information content (AvgIpc) is 3.64. The second-order valence-electron chi connectivity index (χ2n) is 13.2.